The van der Waals surface area contributed by atoms with E-state index in [4.69, 9.17) is 5.73 Å². The Morgan fingerprint density at radius 3 is 1.92 bits per heavy atom. The zero-order chi connectivity index (χ0) is 9.45. The Bertz CT molecular complexity index is 86.9. The molecule has 0 radical (unpaired) electrons. The highest BCUT2D eigenvalue weighted by atomic mass is 14.6. The van der Waals surface area contributed by atoms with Crippen molar-refractivity contribution in [3.05, 3.63) is 0 Å². The molecule has 0 aromatic heterocycles. The molecule has 0 amide bonds. The van der Waals surface area contributed by atoms with Gasteiger partial charge in [0.15, 0.2) is 0 Å². The lowest BCUT2D eigenvalue weighted by Gasteiger charge is -2.30. The van der Waals surface area contributed by atoms with Crippen LogP contribution in [0.15, 0.2) is 0 Å². The topological polar surface area (TPSA) is 26.0 Å². The Hall–Kier alpha value is -0.0400. The Balaban J connectivity index is 3.76. The van der Waals surface area contributed by atoms with Crippen molar-refractivity contribution in [1.82, 2.24) is 0 Å². The monoisotopic (exact) mass is 171 g/mol. The molecule has 0 aliphatic rings. The molecule has 0 aliphatic carbocycles. The Labute approximate surface area is 77.7 Å². The minimum atomic E-state index is 0.454. The van der Waals surface area contributed by atoms with E-state index in [1.165, 1.54) is 38.5 Å². The number of unbranched alkanes of at least 4 members (excludes halogenated alkanes) is 2. The van der Waals surface area contributed by atoms with E-state index in [1.54, 1.807) is 0 Å². The first-order valence-electron chi connectivity index (χ1n) is 5.44. The average Bonchev–Trinajstić information content (AvgIpc) is 2.14. The van der Waals surface area contributed by atoms with E-state index in [0.29, 0.717) is 5.41 Å². The molecular weight excluding hydrogens is 146 g/mol. The summed E-state index contributed by atoms with van der Waals surface area (Å²) in [5.41, 5.74) is 6.26. The van der Waals surface area contributed by atoms with Gasteiger partial charge < -0.3 is 5.73 Å². The van der Waals surface area contributed by atoms with Crippen LogP contribution in [0.4, 0.5) is 0 Å². The van der Waals surface area contributed by atoms with Gasteiger partial charge in [-0.25, -0.2) is 0 Å². The van der Waals surface area contributed by atoms with Crippen LogP contribution in [-0.4, -0.2) is 6.54 Å². The van der Waals surface area contributed by atoms with Gasteiger partial charge in [0.25, 0.3) is 0 Å². The predicted octanol–water partition coefficient (Wildman–Crippen LogP) is 3.33. The van der Waals surface area contributed by atoms with Crippen molar-refractivity contribution in [2.75, 3.05) is 6.54 Å². The minimum Gasteiger partial charge on any atom is -0.330 e. The van der Waals surface area contributed by atoms with Crippen molar-refractivity contribution < 1.29 is 0 Å². The Morgan fingerprint density at radius 2 is 1.58 bits per heavy atom. The quantitative estimate of drug-likeness (QED) is 0.584. The smallest absolute Gasteiger partial charge is 0.00207 e. The summed E-state index contributed by atoms with van der Waals surface area (Å²) < 4.78 is 0. The zero-order valence-electron chi connectivity index (χ0n) is 9.03. The fraction of sp³-hybridized carbons (Fsp3) is 1.00. The first-order chi connectivity index (χ1) is 5.74. The fourth-order valence-electron chi connectivity index (χ4n) is 1.74. The van der Waals surface area contributed by atoms with E-state index < -0.39 is 0 Å². The SMILES string of the molecule is CCCCCC(CC)(CC)CN. The molecule has 0 aromatic carbocycles. The zero-order valence-corrected chi connectivity index (χ0v) is 9.03. The lowest BCUT2D eigenvalue weighted by Crippen LogP contribution is -2.29. The van der Waals surface area contributed by atoms with Crippen LogP contribution in [0, 0.1) is 5.41 Å². The van der Waals surface area contributed by atoms with Crippen LogP contribution in [0.2, 0.25) is 0 Å². The molecule has 0 fully saturated rings. The first-order valence-corrected chi connectivity index (χ1v) is 5.44. The van der Waals surface area contributed by atoms with Crippen molar-refractivity contribution >= 4 is 0 Å². The molecule has 0 unspecified atom stereocenters. The number of nitrogens with two attached hydrogens (primary N) is 1. The third kappa shape index (κ3) is 3.57. The third-order valence-corrected chi connectivity index (χ3v) is 3.24. The predicted molar refractivity (Wildman–Crippen MR) is 56.2 cm³/mol. The van der Waals surface area contributed by atoms with Crippen molar-refractivity contribution in [1.29, 1.82) is 0 Å². The van der Waals surface area contributed by atoms with E-state index in [1.807, 2.05) is 0 Å². The van der Waals surface area contributed by atoms with Crippen molar-refractivity contribution in [3.8, 4) is 0 Å². The van der Waals surface area contributed by atoms with Crippen molar-refractivity contribution in [2.45, 2.75) is 59.3 Å². The van der Waals surface area contributed by atoms with E-state index in [9.17, 15) is 0 Å². The van der Waals surface area contributed by atoms with Gasteiger partial charge in [-0.05, 0) is 31.2 Å². The van der Waals surface area contributed by atoms with Gasteiger partial charge >= 0.3 is 0 Å². The van der Waals surface area contributed by atoms with Gasteiger partial charge in [-0.1, -0.05) is 40.0 Å². The molecule has 0 saturated heterocycles. The molecule has 0 aliphatic heterocycles. The molecule has 1 heteroatoms. The number of rotatable bonds is 7. The highest BCUT2D eigenvalue weighted by Gasteiger charge is 2.22. The molecule has 0 saturated carbocycles. The summed E-state index contributed by atoms with van der Waals surface area (Å²) in [6.45, 7) is 7.65. The van der Waals surface area contributed by atoms with E-state index in [-0.39, 0.29) is 0 Å². The molecule has 2 N–H and O–H groups in total. The van der Waals surface area contributed by atoms with Gasteiger partial charge in [0.1, 0.15) is 0 Å². The standard InChI is InChI=1S/C11H25N/c1-4-7-8-9-11(5-2,6-3)10-12/h4-10,12H2,1-3H3. The van der Waals surface area contributed by atoms with Gasteiger partial charge in [-0.2, -0.15) is 0 Å². The maximum atomic E-state index is 5.81. The van der Waals surface area contributed by atoms with Gasteiger partial charge in [-0.3, -0.25) is 0 Å². The van der Waals surface area contributed by atoms with Crippen molar-refractivity contribution in [2.24, 2.45) is 11.1 Å². The largest absolute Gasteiger partial charge is 0.330 e. The molecule has 12 heavy (non-hydrogen) atoms. The minimum absolute atomic E-state index is 0.454. The van der Waals surface area contributed by atoms with Crippen LogP contribution in [0.1, 0.15) is 59.3 Å². The van der Waals surface area contributed by atoms with Gasteiger partial charge in [-0.15, -0.1) is 0 Å². The summed E-state index contributed by atoms with van der Waals surface area (Å²) in [4.78, 5) is 0. The number of hydrogen-bond acceptors (Lipinski definition) is 1. The lowest BCUT2D eigenvalue weighted by molar-refractivity contribution is 0.241. The summed E-state index contributed by atoms with van der Waals surface area (Å²) in [6, 6.07) is 0. The lowest BCUT2D eigenvalue weighted by atomic mass is 9.78. The summed E-state index contributed by atoms with van der Waals surface area (Å²) >= 11 is 0. The van der Waals surface area contributed by atoms with Crippen LogP contribution < -0.4 is 5.73 Å². The molecule has 0 spiro atoms. The highest BCUT2D eigenvalue weighted by Crippen LogP contribution is 2.31. The molecule has 74 valence electrons. The highest BCUT2D eigenvalue weighted by molar-refractivity contribution is 4.77. The first kappa shape index (κ1) is 12.0. The van der Waals surface area contributed by atoms with Gasteiger partial charge in [0, 0.05) is 0 Å². The van der Waals surface area contributed by atoms with Crippen LogP contribution in [0.5, 0.6) is 0 Å². The summed E-state index contributed by atoms with van der Waals surface area (Å²) in [5.74, 6) is 0. The second kappa shape index (κ2) is 6.47. The Kier molecular flexibility index (Phi) is 6.45. The average molecular weight is 171 g/mol. The molecule has 0 heterocycles. The fourth-order valence-corrected chi connectivity index (χ4v) is 1.74. The maximum absolute atomic E-state index is 5.81. The molecule has 0 atom stereocenters. The molecule has 0 aromatic rings. The second-order valence-electron chi connectivity index (χ2n) is 3.87. The van der Waals surface area contributed by atoms with Crippen LogP contribution in [-0.2, 0) is 0 Å². The Morgan fingerprint density at radius 1 is 1.00 bits per heavy atom. The molecule has 0 bridgehead atoms. The second-order valence-corrected chi connectivity index (χ2v) is 3.87. The summed E-state index contributed by atoms with van der Waals surface area (Å²) in [7, 11) is 0. The molecule has 0 rings (SSSR count). The van der Waals surface area contributed by atoms with Crippen molar-refractivity contribution in [3.63, 3.8) is 0 Å². The van der Waals surface area contributed by atoms with Crippen LogP contribution in [0.25, 0.3) is 0 Å². The number of hydrogen-bond donors (Lipinski definition) is 1. The van der Waals surface area contributed by atoms with E-state index >= 15 is 0 Å². The van der Waals surface area contributed by atoms with Crippen LogP contribution >= 0.6 is 0 Å². The van der Waals surface area contributed by atoms with Gasteiger partial charge in [0.2, 0.25) is 0 Å². The van der Waals surface area contributed by atoms with Gasteiger partial charge in [0.05, 0.1) is 0 Å². The normalized spacial score (nSPS) is 12.0. The maximum Gasteiger partial charge on any atom is -0.00207 e. The van der Waals surface area contributed by atoms with Crippen LogP contribution in [0.3, 0.4) is 0 Å². The van der Waals surface area contributed by atoms with E-state index in [2.05, 4.69) is 20.8 Å². The van der Waals surface area contributed by atoms with E-state index in [0.717, 1.165) is 6.54 Å². The molecular formula is C11H25N. The third-order valence-electron chi connectivity index (χ3n) is 3.24. The summed E-state index contributed by atoms with van der Waals surface area (Å²) in [5, 5.41) is 0. The summed E-state index contributed by atoms with van der Waals surface area (Å²) in [6.07, 6.45) is 7.84. The molecule has 1 nitrogen and oxygen atoms in total.